The SMILES string of the molecule is CC[C@H](C(=O)NC)N(Cc1ccc(F)cc1)C(=O)CSCc1ccccc1Cl. The molecular weight excluding hydrogens is 399 g/mol. The highest BCUT2D eigenvalue weighted by atomic mass is 35.5. The van der Waals surface area contributed by atoms with E-state index in [2.05, 4.69) is 5.32 Å². The van der Waals surface area contributed by atoms with Crippen molar-refractivity contribution >= 4 is 35.2 Å². The van der Waals surface area contributed by atoms with Crippen LogP contribution in [0, 0.1) is 5.82 Å². The first-order valence-electron chi connectivity index (χ1n) is 9.03. The number of carbonyl (C=O) groups excluding carboxylic acids is 2. The number of likely N-dealkylation sites (N-methyl/N-ethyl adjacent to an activating group) is 1. The first kappa shape index (κ1) is 22.2. The summed E-state index contributed by atoms with van der Waals surface area (Å²) in [6, 6.07) is 12.9. The summed E-state index contributed by atoms with van der Waals surface area (Å²) in [7, 11) is 1.55. The van der Waals surface area contributed by atoms with Crippen molar-refractivity contribution in [3.8, 4) is 0 Å². The van der Waals surface area contributed by atoms with Gasteiger partial charge in [-0.2, -0.15) is 0 Å². The summed E-state index contributed by atoms with van der Waals surface area (Å²) in [5, 5.41) is 3.29. The Morgan fingerprint density at radius 2 is 1.86 bits per heavy atom. The molecular formula is C21H24ClFN2O2S. The Hall–Kier alpha value is -2.05. The van der Waals surface area contributed by atoms with Gasteiger partial charge in [0.25, 0.3) is 0 Å². The Morgan fingerprint density at radius 3 is 2.46 bits per heavy atom. The van der Waals surface area contributed by atoms with Crippen molar-refractivity contribution in [3.63, 3.8) is 0 Å². The molecule has 150 valence electrons. The van der Waals surface area contributed by atoms with Crippen LogP contribution in [0.4, 0.5) is 4.39 Å². The van der Waals surface area contributed by atoms with Crippen molar-refractivity contribution in [1.82, 2.24) is 10.2 Å². The second-order valence-corrected chi connectivity index (χ2v) is 7.66. The van der Waals surface area contributed by atoms with Crippen molar-refractivity contribution < 1.29 is 14.0 Å². The number of benzene rings is 2. The number of halogens is 2. The molecule has 0 radical (unpaired) electrons. The van der Waals surface area contributed by atoms with Crippen molar-refractivity contribution in [1.29, 1.82) is 0 Å². The zero-order chi connectivity index (χ0) is 20.5. The van der Waals surface area contributed by atoms with E-state index >= 15 is 0 Å². The predicted octanol–water partition coefficient (Wildman–Crippen LogP) is 4.27. The van der Waals surface area contributed by atoms with Crippen LogP contribution in [0.15, 0.2) is 48.5 Å². The standard InChI is InChI=1S/C21H24ClFN2O2S/c1-3-19(21(27)24-2)25(12-15-8-10-17(23)11-9-15)20(26)14-28-13-16-6-4-5-7-18(16)22/h4-11,19H,3,12-14H2,1-2H3,(H,24,27)/t19-/m1/s1. The molecule has 0 aromatic heterocycles. The van der Waals surface area contributed by atoms with Crippen molar-refractivity contribution in [2.45, 2.75) is 31.7 Å². The normalized spacial score (nSPS) is 11.7. The molecule has 0 saturated carbocycles. The molecule has 2 rings (SSSR count). The molecule has 1 N–H and O–H groups in total. The third kappa shape index (κ3) is 6.24. The summed E-state index contributed by atoms with van der Waals surface area (Å²) >= 11 is 7.61. The van der Waals surface area contributed by atoms with Crippen LogP contribution in [0.5, 0.6) is 0 Å². The van der Waals surface area contributed by atoms with Gasteiger partial charge in [0.1, 0.15) is 11.9 Å². The summed E-state index contributed by atoms with van der Waals surface area (Å²) < 4.78 is 13.2. The van der Waals surface area contributed by atoms with E-state index in [1.807, 2.05) is 31.2 Å². The lowest BCUT2D eigenvalue weighted by Crippen LogP contribution is -2.48. The molecule has 0 fully saturated rings. The van der Waals surface area contributed by atoms with E-state index in [-0.39, 0.29) is 29.9 Å². The molecule has 2 aromatic rings. The first-order chi connectivity index (χ1) is 13.5. The van der Waals surface area contributed by atoms with E-state index < -0.39 is 6.04 Å². The van der Waals surface area contributed by atoms with Gasteiger partial charge in [-0.05, 0) is 35.7 Å². The van der Waals surface area contributed by atoms with Crippen molar-refractivity contribution in [3.05, 3.63) is 70.5 Å². The Labute approximate surface area is 174 Å². The Morgan fingerprint density at radius 1 is 1.18 bits per heavy atom. The van der Waals surface area contributed by atoms with Gasteiger partial charge >= 0.3 is 0 Å². The van der Waals surface area contributed by atoms with Crippen LogP contribution < -0.4 is 5.32 Å². The van der Waals surface area contributed by atoms with E-state index in [0.717, 1.165) is 11.1 Å². The van der Waals surface area contributed by atoms with Crippen LogP contribution in [0.2, 0.25) is 5.02 Å². The van der Waals surface area contributed by atoms with Crippen LogP contribution in [0.3, 0.4) is 0 Å². The van der Waals surface area contributed by atoms with Crippen LogP contribution in [0.1, 0.15) is 24.5 Å². The zero-order valence-electron chi connectivity index (χ0n) is 16.0. The fourth-order valence-corrected chi connectivity index (χ4v) is 4.02. The van der Waals surface area contributed by atoms with Gasteiger partial charge in [-0.15, -0.1) is 11.8 Å². The summed E-state index contributed by atoms with van der Waals surface area (Å²) in [5.74, 6) is 0.133. The van der Waals surface area contributed by atoms with Gasteiger partial charge in [-0.3, -0.25) is 9.59 Å². The average molecular weight is 423 g/mol. The molecule has 7 heteroatoms. The number of carbonyl (C=O) groups is 2. The average Bonchev–Trinajstić information content (AvgIpc) is 2.70. The molecule has 0 unspecified atom stereocenters. The number of amides is 2. The number of thioether (sulfide) groups is 1. The zero-order valence-corrected chi connectivity index (χ0v) is 17.5. The minimum atomic E-state index is -0.580. The number of rotatable bonds is 9. The number of hydrogen-bond acceptors (Lipinski definition) is 3. The third-order valence-electron chi connectivity index (χ3n) is 4.34. The van der Waals surface area contributed by atoms with E-state index in [4.69, 9.17) is 11.6 Å². The largest absolute Gasteiger partial charge is 0.357 e. The third-order valence-corrected chi connectivity index (χ3v) is 5.67. The molecule has 0 bridgehead atoms. The topological polar surface area (TPSA) is 49.4 Å². The fourth-order valence-electron chi connectivity index (χ4n) is 2.82. The van der Waals surface area contributed by atoms with E-state index in [9.17, 15) is 14.0 Å². The molecule has 0 aliphatic heterocycles. The van der Waals surface area contributed by atoms with Crippen LogP contribution in [-0.2, 0) is 21.9 Å². The van der Waals surface area contributed by atoms with E-state index in [1.54, 1.807) is 24.1 Å². The lowest BCUT2D eigenvalue weighted by Gasteiger charge is -2.30. The van der Waals surface area contributed by atoms with Gasteiger partial charge in [0.05, 0.1) is 5.75 Å². The summed E-state index contributed by atoms with van der Waals surface area (Å²) in [6.45, 7) is 2.11. The minimum absolute atomic E-state index is 0.142. The van der Waals surface area contributed by atoms with Gasteiger partial charge in [0.15, 0.2) is 0 Å². The quantitative estimate of drug-likeness (QED) is 0.656. The highest BCUT2D eigenvalue weighted by molar-refractivity contribution is 7.99. The van der Waals surface area contributed by atoms with Gasteiger partial charge in [-0.1, -0.05) is 48.9 Å². The van der Waals surface area contributed by atoms with Gasteiger partial charge in [0.2, 0.25) is 11.8 Å². The second kappa shape index (κ2) is 11.1. The van der Waals surface area contributed by atoms with Gasteiger partial charge < -0.3 is 10.2 Å². The first-order valence-corrected chi connectivity index (χ1v) is 10.6. The second-order valence-electron chi connectivity index (χ2n) is 6.27. The molecule has 4 nitrogen and oxygen atoms in total. The predicted molar refractivity (Wildman–Crippen MR) is 113 cm³/mol. The van der Waals surface area contributed by atoms with E-state index in [1.165, 1.54) is 23.9 Å². The monoisotopic (exact) mass is 422 g/mol. The molecule has 0 spiro atoms. The molecule has 0 aliphatic carbocycles. The Balaban J connectivity index is 2.10. The summed E-state index contributed by atoms with van der Waals surface area (Å²) in [6.07, 6.45) is 0.488. The maximum atomic E-state index is 13.2. The maximum absolute atomic E-state index is 13.2. The van der Waals surface area contributed by atoms with Crippen LogP contribution in [0.25, 0.3) is 0 Å². The Kier molecular flexibility index (Phi) is 8.80. The molecule has 28 heavy (non-hydrogen) atoms. The number of hydrogen-bond donors (Lipinski definition) is 1. The molecule has 2 amide bonds. The summed E-state index contributed by atoms with van der Waals surface area (Å²) in [4.78, 5) is 26.8. The van der Waals surface area contributed by atoms with Crippen molar-refractivity contribution in [2.75, 3.05) is 12.8 Å². The molecule has 1 atom stereocenters. The Bertz CT molecular complexity index is 801. The molecule has 0 saturated heterocycles. The minimum Gasteiger partial charge on any atom is -0.357 e. The summed E-state index contributed by atoms with van der Waals surface area (Å²) in [5.41, 5.74) is 1.73. The van der Waals surface area contributed by atoms with Crippen molar-refractivity contribution in [2.24, 2.45) is 0 Å². The maximum Gasteiger partial charge on any atom is 0.242 e. The van der Waals surface area contributed by atoms with Gasteiger partial charge in [0, 0.05) is 24.4 Å². The van der Waals surface area contributed by atoms with E-state index in [0.29, 0.717) is 17.2 Å². The molecule has 0 aliphatic rings. The molecule has 0 heterocycles. The lowest BCUT2D eigenvalue weighted by molar-refractivity contribution is -0.139. The van der Waals surface area contributed by atoms with Crippen LogP contribution >= 0.6 is 23.4 Å². The lowest BCUT2D eigenvalue weighted by atomic mass is 10.1. The smallest absolute Gasteiger partial charge is 0.242 e. The molecule has 2 aromatic carbocycles. The fraction of sp³-hybridized carbons (Fsp3) is 0.333. The number of nitrogens with zero attached hydrogens (tertiary/aromatic N) is 1. The van der Waals surface area contributed by atoms with Gasteiger partial charge in [-0.25, -0.2) is 4.39 Å². The number of nitrogens with one attached hydrogen (secondary N) is 1. The van der Waals surface area contributed by atoms with Crippen LogP contribution in [-0.4, -0.2) is 35.6 Å². The highest BCUT2D eigenvalue weighted by Gasteiger charge is 2.27. The highest BCUT2D eigenvalue weighted by Crippen LogP contribution is 2.22.